The van der Waals surface area contributed by atoms with Gasteiger partial charge in [0.2, 0.25) is 5.91 Å². The quantitative estimate of drug-likeness (QED) is 0.504. The number of fused-ring (bicyclic) bond motifs is 1. The van der Waals surface area contributed by atoms with Gasteiger partial charge in [-0.25, -0.2) is 14.5 Å². The number of pyridine rings is 1. The highest BCUT2D eigenvalue weighted by Crippen LogP contribution is 2.29. The van der Waals surface area contributed by atoms with Gasteiger partial charge in [-0.05, 0) is 56.9 Å². The molecule has 152 valence electrons. The van der Waals surface area contributed by atoms with Crippen LogP contribution in [0.1, 0.15) is 31.4 Å². The summed E-state index contributed by atoms with van der Waals surface area (Å²) in [6.07, 6.45) is 3.22. The highest BCUT2D eigenvalue weighted by Gasteiger charge is 2.35. The Morgan fingerprint density at radius 1 is 1.20 bits per heavy atom. The Labute approximate surface area is 178 Å². The van der Waals surface area contributed by atoms with Gasteiger partial charge >= 0.3 is 0 Å². The average Bonchev–Trinajstić information content (AvgIpc) is 3.21. The number of aryl methyl sites for hydroxylation is 1. The van der Waals surface area contributed by atoms with Crippen molar-refractivity contribution in [2.45, 2.75) is 43.3 Å². The molecule has 3 aromatic rings. The topological polar surface area (TPSA) is 101 Å². The Kier molecular flexibility index (Phi) is 5.55. The third-order valence-corrected chi connectivity index (χ3v) is 6.17. The molecular weight excluding hydrogens is 398 g/mol. The largest absolute Gasteiger partial charge is 0.337 e. The summed E-state index contributed by atoms with van der Waals surface area (Å²) in [5, 5.41) is 13.3. The molecule has 1 aliphatic carbocycles. The number of nitrogens with one attached hydrogen (secondary N) is 1. The first-order valence-corrected chi connectivity index (χ1v) is 10.8. The number of carbonyl (C=O) groups excluding carboxylic acids is 1. The van der Waals surface area contributed by atoms with Gasteiger partial charge < -0.3 is 5.32 Å². The molecule has 2 heterocycles. The van der Waals surface area contributed by atoms with Gasteiger partial charge in [0.1, 0.15) is 11.4 Å². The van der Waals surface area contributed by atoms with Crippen LogP contribution in [0.15, 0.2) is 52.4 Å². The van der Waals surface area contributed by atoms with Crippen LogP contribution < -0.4 is 10.9 Å². The van der Waals surface area contributed by atoms with Crippen molar-refractivity contribution < 1.29 is 4.79 Å². The molecule has 1 saturated carbocycles. The van der Waals surface area contributed by atoms with Crippen LogP contribution in [-0.2, 0) is 4.79 Å². The lowest BCUT2D eigenvalue weighted by Gasteiger charge is -2.22. The maximum Gasteiger partial charge on any atom is 0.267 e. The van der Waals surface area contributed by atoms with E-state index in [9.17, 15) is 14.9 Å². The lowest BCUT2D eigenvalue weighted by molar-refractivity contribution is -0.119. The van der Waals surface area contributed by atoms with E-state index in [0.717, 1.165) is 18.5 Å². The van der Waals surface area contributed by atoms with E-state index in [1.165, 1.54) is 16.3 Å². The summed E-state index contributed by atoms with van der Waals surface area (Å²) in [6.45, 7) is 1.85. The Morgan fingerprint density at radius 2 is 1.97 bits per heavy atom. The van der Waals surface area contributed by atoms with Crippen LogP contribution in [0.2, 0.25) is 0 Å². The van der Waals surface area contributed by atoms with Gasteiger partial charge in [0.05, 0.1) is 22.7 Å². The molecular formula is C22H21N5O2S. The van der Waals surface area contributed by atoms with E-state index in [2.05, 4.69) is 21.4 Å². The summed E-state index contributed by atoms with van der Waals surface area (Å²) in [5.74, 6) is 0.278. The van der Waals surface area contributed by atoms with Gasteiger partial charge in [-0.15, -0.1) is 0 Å². The number of rotatable bonds is 5. The molecule has 1 N–H and O–H groups in total. The van der Waals surface area contributed by atoms with E-state index >= 15 is 0 Å². The van der Waals surface area contributed by atoms with Gasteiger partial charge in [0.25, 0.3) is 5.56 Å². The molecule has 0 unspecified atom stereocenters. The van der Waals surface area contributed by atoms with Crippen LogP contribution >= 0.6 is 11.8 Å². The number of hydrogen-bond acceptors (Lipinski definition) is 6. The van der Waals surface area contributed by atoms with E-state index in [-0.39, 0.29) is 17.2 Å². The first kappa shape index (κ1) is 20.1. The van der Waals surface area contributed by atoms with Crippen LogP contribution in [0.4, 0.5) is 0 Å². The van der Waals surface area contributed by atoms with Crippen molar-refractivity contribution in [2.75, 3.05) is 5.75 Å². The molecule has 1 aromatic carbocycles. The molecule has 2 aromatic heterocycles. The molecule has 8 heteroatoms. The molecule has 0 spiro atoms. The number of nitriles is 1. The number of aromatic nitrogens is 3. The minimum absolute atomic E-state index is 0.0556. The first-order valence-electron chi connectivity index (χ1n) is 9.82. The normalized spacial score (nSPS) is 15.1. The fraction of sp³-hybridized carbons (Fsp3) is 0.318. The van der Waals surface area contributed by atoms with Crippen molar-refractivity contribution >= 4 is 28.6 Å². The zero-order valence-corrected chi connectivity index (χ0v) is 17.4. The van der Waals surface area contributed by atoms with Crippen LogP contribution in [0.3, 0.4) is 0 Å². The average molecular weight is 420 g/mol. The number of thioether (sulfide) groups is 1. The number of amides is 1. The van der Waals surface area contributed by atoms with E-state index in [1.807, 2.05) is 25.1 Å². The molecule has 4 rings (SSSR count). The molecule has 1 fully saturated rings. The molecule has 0 aliphatic heterocycles. The second-order valence-corrected chi connectivity index (χ2v) is 8.37. The summed E-state index contributed by atoms with van der Waals surface area (Å²) in [7, 11) is 0. The third kappa shape index (κ3) is 3.94. The summed E-state index contributed by atoms with van der Waals surface area (Å²) < 4.78 is 1.45. The van der Waals surface area contributed by atoms with E-state index in [1.54, 1.807) is 24.3 Å². The summed E-state index contributed by atoms with van der Waals surface area (Å²) in [5.41, 5.74) is 0.342. The zero-order valence-electron chi connectivity index (χ0n) is 16.6. The van der Waals surface area contributed by atoms with Gasteiger partial charge in [-0.1, -0.05) is 30.0 Å². The first-order chi connectivity index (χ1) is 14.5. The Bertz CT molecular complexity index is 1210. The third-order valence-electron chi connectivity index (χ3n) is 5.23. The predicted octanol–water partition coefficient (Wildman–Crippen LogP) is 3.13. The fourth-order valence-electron chi connectivity index (χ4n) is 3.74. The SMILES string of the molecule is Cc1cccc(-n2c(SCC(=O)NC3(C#N)CCCC3)nc3ccccc3c2=O)n1. The van der Waals surface area contributed by atoms with Crippen molar-refractivity contribution in [1.82, 2.24) is 19.9 Å². The maximum absolute atomic E-state index is 13.2. The molecule has 0 saturated heterocycles. The van der Waals surface area contributed by atoms with Gasteiger partial charge in [0.15, 0.2) is 5.16 Å². The minimum atomic E-state index is -0.772. The summed E-state index contributed by atoms with van der Waals surface area (Å²) in [6, 6.07) is 14.8. The molecule has 7 nitrogen and oxygen atoms in total. The molecule has 0 atom stereocenters. The lowest BCUT2D eigenvalue weighted by Crippen LogP contribution is -2.45. The second-order valence-electron chi connectivity index (χ2n) is 7.43. The lowest BCUT2D eigenvalue weighted by atomic mass is 10.0. The van der Waals surface area contributed by atoms with E-state index < -0.39 is 5.54 Å². The maximum atomic E-state index is 13.2. The van der Waals surface area contributed by atoms with Crippen molar-refractivity contribution in [3.05, 3.63) is 58.5 Å². The molecule has 0 bridgehead atoms. The van der Waals surface area contributed by atoms with Crippen LogP contribution in [0, 0.1) is 18.3 Å². The minimum Gasteiger partial charge on any atom is -0.337 e. The van der Waals surface area contributed by atoms with E-state index in [4.69, 9.17) is 0 Å². The standard InChI is InChI=1S/C22H21N5O2S/c1-15-7-6-10-18(24-15)27-20(29)16-8-2-3-9-17(16)25-21(27)30-13-19(28)26-22(14-23)11-4-5-12-22/h2-3,6-10H,4-5,11-13H2,1H3,(H,26,28). The Morgan fingerprint density at radius 3 is 2.70 bits per heavy atom. The fourth-order valence-corrected chi connectivity index (χ4v) is 4.54. The van der Waals surface area contributed by atoms with Crippen LogP contribution in [0.25, 0.3) is 16.7 Å². The van der Waals surface area contributed by atoms with Crippen molar-refractivity contribution in [1.29, 1.82) is 5.26 Å². The molecule has 1 aliphatic rings. The number of carbonyl (C=O) groups is 1. The molecule has 1 amide bonds. The van der Waals surface area contributed by atoms with Crippen molar-refractivity contribution in [2.24, 2.45) is 0 Å². The van der Waals surface area contributed by atoms with Crippen molar-refractivity contribution in [3.63, 3.8) is 0 Å². The number of para-hydroxylation sites is 1. The van der Waals surface area contributed by atoms with Crippen LogP contribution in [-0.4, -0.2) is 31.7 Å². The van der Waals surface area contributed by atoms with Gasteiger partial charge in [-0.3, -0.25) is 9.59 Å². The number of hydrogen-bond donors (Lipinski definition) is 1. The van der Waals surface area contributed by atoms with Crippen molar-refractivity contribution in [3.8, 4) is 11.9 Å². The Hall–Kier alpha value is -3.18. The smallest absolute Gasteiger partial charge is 0.267 e. The highest BCUT2D eigenvalue weighted by atomic mass is 32.2. The highest BCUT2D eigenvalue weighted by molar-refractivity contribution is 7.99. The summed E-state index contributed by atoms with van der Waals surface area (Å²) >= 11 is 1.17. The Balaban J connectivity index is 1.67. The predicted molar refractivity (Wildman–Crippen MR) is 116 cm³/mol. The molecule has 30 heavy (non-hydrogen) atoms. The monoisotopic (exact) mass is 419 g/mol. The second kappa shape index (κ2) is 8.28. The number of nitrogens with zero attached hydrogens (tertiary/aromatic N) is 4. The molecule has 0 radical (unpaired) electrons. The van der Waals surface area contributed by atoms with Crippen LogP contribution in [0.5, 0.6) is 0 Å². The zero-order chi connectivity index (χ0) is 21.1. The summed E-state index contributed by atoms with van der Waals surface area (Å²) in [4.78, 5) is 34.9. The van der Waals surface area contributed by atoms with E-state index in [0.29, 0.717) is 34.7 Å². The van der Waals surface area contributed by atoms with Gasteiger partial charge in [-0.2, -0.15) is 5.26 Å². The number of benzene rings is 1. The van der Waals surface area contributed by atoms with Gasteiger partial charge in [0, 0.05) is 5.69 Å².